The number of halogens is 4. The fraction of sp³-hybridized carbons (Fsp3) is 0.133. The van der Waals surface area contributed by atoms with Gasteiger partial charge in [-0.25, -0.2) is 18.7 Å². The number of aromatic nitrogens is 3. The molecule has 0 fully saturated rings. The van der Waals surface area contributed by atoms with Gasteiger partial charge in [-0.05, 0) is 41.9 Å². The number of hydrogen-bond acceptors (Lipinski definition) is 4. The zero-order valence-corrected chi connectivity index (χ0v) is 12.9. The van der Waals surface area contributed by atoms with E-state index in [1.807, 2.05) is 0 Å². The van der Waals surface area contributed by atoms with Gasteiger partial charge in [0.2, 0.25) is 0 Å². The maximum atomic E-state index is 13.7. The maximum Gasteiger partial charge on any atom is 0.364 e. The van der Waals surface area contributed by atoms with Crippen molar-refractivity contribution in [3.63, 3.8) is 0 Å². The Morgan fingerprint density at radius 2 is 1.96 bits per heavy atom. The molecule has 2 aromatic heterocycles. The number of alkyl halides is 3. The van der Waals surface area contributed by atoms with Gasteiger partial charge in [-0.1, -0.05) is 0 Å². The van der Waals surface area contributed by atoms with Crippen LogP contribution in [-0.2, 0) is 10.1 Å². The molecule has 0 bridgehead atoms. The van der Waals surface area contributed by atoms with E-state index in [0.29, 0.717) is 5.56 Å². The van der Waals surface area contributed by atoms with Gasteiger partial charge in [0, 0.05) is 5.56 Å². The summed E-state index contributed by atoms with van der Waals surface area (Å²) in [5.74, 6) is -1.26. The van der Waals surface area contributed by atoms with E-state index in [1.165, 1.54) is 12.1 Å². The van der Waals surface area contributed by atoms with E-state index in [4.69, 9.17) is 11.6 Å². The Balaban J connectivity index is 2.31. The largest absolute Gasteiger partial charge is 0.465 e. The zero-order chi connectivity index (χ0) is 17.5. The van der Waals surface area contributed by atoms with Crippen molar-refractivity contribution in [1.29, 1.82) is 0 Å². The number of carbonyl (C=O) groups excluding carboxylic acids is 1. The maximum absolute atomic E-state index is 13.7. The lowest BCUT2D eigenvalue weighted by molar-refractivity contribution is 0.0602. The number of esters is 1. The highest BCUT2D eigenvalue weighted by molar-refractivity contribution is 6.21. The summed E-state index contributed by atoms with van der Waals surface area (Å²) in [6.07, 6.45) is 1.06. The Morgan fingerprint density at radius 1 is 1.29 bits per heavy atom. The molecule has 0 atom stereocenters. The third-order valence-electron chi connectivity index (χ3n) is 3.31. The summed E-state index contributed by atoms with van der Waals surface area (Å²) in [5.41, 5.74) is -0.451. The van der Waals surface area contributed by atoms with Crippen LogP contribution >= 0.6 is 11.6 Å². The molecule has 3 rings (SSSR count). The van der Waals surface area contributed by atoms with Gasteiger partial charge in [-0.15, -0.1) is 0 Å². The minimum absolute atomic E-state index is 0.0866. The number of fused-ring (bicyclic) bond motifs is 1. The third-order valence-corrected chi connectivity index (χ3v) is 3.50. The predicted molar refractivity (Wildman–Crippen MR) is 79.5 cm³/mol. The van der Waals surface area contributed by atoms with Gasteiger partial charge in [-0.2, -0.15) is 13.9 Å². The van der Waals surface area contributed by atoms with Crippen molar-refractivity contribution in [2.24, 2.45) is 0 Å². The van der Waals surface area contributed by atoms with Crippen molar-refractivity contribution in [3.05, 3.63) is 53.6 Å². The molecule has 0 aliphatic rings. The van der Waals surface area contributed by atoms with E-state index >= 15 is 0 Å². The van der Waals surface area contributed by atoms with Gasteiger partial charge >= 0.3 is 11.4 Å². The topological polar surface area (TPSA) is 56.5 Å². The number of methoxy groups -OCH3 is 1. The first-order chi connectivity index (χ1) is 11.3. The average Bonchev–Trinajstić information content (AvgIpc) is 2.96. The van der Waals surface area contributed by atoms with E-state index < -0.39 is 22.9 Å². The number of rotatable bonds is 3. The second-order valence-corrected chi connectivity index (χ2v) is 5.29. The van der Waals surface area contributed by atoms with Gasteiger partial charge in [-0.3, -0.25) is 0 Å². The smallest absolute Gasteiger partial charge is 0.364 e. The number of benzene rings is 1. The van der Waals surface area contributed by atoms with E-state index in [2.05, 4.69) is 14.8 Å². The lowest BCUT2D eigenvalue weighted by Gasteiger charge is -2.12. The summed E-state index contributed by atoms with van der Waals surface area (Å²) < 4.78 is 45.9. The molecule has 0 radical (unpaired) electrons. The van der Waals surface area contributed by atoms with Crippen molar-refractivity contribution in [2.45, 2.75) is 5.38 Å². The highest BCUT2D eigenvalue weighted by atomic mass is 35.5. The quantitative estimate of drug-likeness (QED) is 0.532. The SMILES string of the molecule is COC(=O)c1cnn2c(C(F)(F)Cl)cc(-c3ccc(F)cc3)nc12. The first-order valence-corrected chi connectivity index (χ1v) is 6.99. The molecule has 0 spiro atoms. The monoisotopic (exact) mass is 355 g/mol. The number of nitrogens with zero attached hydrogens (tertiary/aromatic N) is 3. The number of ether oxygens (including phenoxy) is 1. The van der Waals surface area contributed by atoms with Crippen LogP contribution in [-0.4, -0.2) is 27.7 Å². The molecule has 0 amide bonds. The molecule has 24 heavy (non-hydrogen) atoms. The predicted octanol–water partition coefficient (Wildman–Crippen LogP) is 3.61. The number of hydrogen-bond donors (Lipinski definition) is 0. The molecular weight excluding hydrogens is 347 g/mol. The van der Waals surface area contributed by atoms with Crippen molar-refractivity contribution in [1.82, 2.24) is 14.6 Å². The van der Waals surface area contributed by atoms with Crippen molar-refractivity contribution < 1.29 is 22.7 Å². The molecule has 0 aliphatic heterocycles. The normalized spacial score (nSPS) is 11.7. The van der Waals surface area contributed by atoms with Crippen molar-refractivity contribution >= 4 is 23.2 Å². The fourth-order valence-electron chi connectivity index (χ4n) is 2.19. The molecule has 124 valence electrons. The molecule has 0 unspecified atom stereocenters. The van der Waals surface area contributed by atoms with Crippen LogP contribution in [0.15, 0.2) is 36.5 Å². The first kappa shape index (κ1) is 16.3. The summed E-state index contributed by atoms with van der Waals surface area (Å²) in [4.78, 5) is 15.9. The lowest BCUT2D eigenvalue weighted by atomic mass is 10.1. The van der Waals surface area contributed by atoms with Crippen molar-refractivity contribution in [2.75, 3.05) is 7.11 Å². The summed E-state index contributed by atoms with van der Waals surface area (Å²) in [7, 11) is 1.15. The van der Waals surface area contributed by atoms with E-state index in [9.17, 15) is 18.0 Å². The van der Waals surface area contributed by atoms with Crippen LogP contribution in [0.2, 0.25) is 0 Å². The molecule has 0 aliphatic carbocycles. The molecule has 0 saturated heterocycles. The number of carbonyl (C=O) groups is 1. The molecular formula is C15H9ClF3N3O2. The Hall–Kier alpha value is -2.61. The van der Waals surface area contributed by atoms with E-state index in [0.717, 1.165) is 36.0 Å². The summed E-state index contributed by atoms with van der Waals surface area (Å²) in [6, 6.07) is 6.10. The summed E-state index contributed by atoms with van der Waals surface area (Å²) in [5, 5.41) is -0.0227. The average molecular weight is 356 g/mol. The van der Waals surface area contributed by atoms with Crippen LogP contribution < -0.4 is 0 Å². The van der Waals surface area contributed by atoms with Gasteiger partial charge in [0.1, 0.15) is 17.1 Å². The Morgan fingerprint density at radius 3 is 2.54 bits per heavy atom. The van der Waals surface area contributed by atoms with E-state index in [1.54, 1.807) is 0 Å². The highest BCUT2D eigenvalue weighted by Crippen LogP contribution is 2.35. The molecule has 1 aromatic carbocycles. The Bertz CT molecular complexity index is 920. The van der Waals surface area contributed by atoms with Gasteiger partial charge in [0.05, 0.1) is 19.0 Å². The second-order valence-electron chi connectivity index (χ2n) is 4.82. The fourth-order valence-corrected chi connectivity index (χ4v) is 2.32. The molecule has 2 heterocycles. The van der Waals surface area contributed by atoms with Gasteiger partial charge < -0.3 is 4.74 Å². The van der Waals surface area contributed by atoms with Crippen LogP contribution in [0.4, 0.5) is 13.2 Å². The third kappa shape index (κ3) is 2.80. The highest BCUT2D eigenvalue weighted by Gasteiger charge is 2.33. The first-order valence-electron chi connectivity index (χ1n) is 6.61. The molecule has 0 saturated carbocycles. The van der Waals surface area contributed by atoms with Crippen LogP contribution in [0.5, 0.6) is 0 Å². The van der Waals surface area contributed by atoms with Crippen molar-refractivity contribution in [3.8, 4) is 11.3 Å². The van der Waals surface area contributed by atoms with Crippen LogP contribution in [0, 0.1) is 5.82 Å². The Kier molecular flexibility index (Phi) is 3.92. The second kappa shape index (κ2) is 5.79. The summed E-state index contributed by atoms with van der Waals surface area (Å²) in [6.45, 7) is 0. The van der Waals surface area contributed by atoms with Crippen LogP contribution in [0.25, 0.3) is 16.9 Å². The molecule has 9 heteroatoms. The van der Waals surface area contributed by atoms with E-state index in [-0.39, 0.29) is 16.9 Å². The summed E-state index contributed by atoms with van der Waals surface area (Å²) >= 11 is 5.15. The minimum Gasteiger partial charge on any atom is -0.465 e. The van der Waals surface area contributed by atoms with Crippen LogP contribution in [0.3, 0.4) is 0 Å². The lowest BCUT2D eigenvalue weighted by Crippen LogP contribution is -2.13. The Labute approximate surface area is 138 Å². The minimum atomic E-state index is -3.75. The molecule has 0 N–H and O–H groups in total. The van der Waals surface area contributed by atoms with Crippen LogP contribution in [0.1, 0.15) is 16.1 Å². The molecule has 5 nitrogen and oxygen atoms in total. The zero-order valence-electron chi connectivity index (χ0n) is 12.1. The van der Waals surface area contributed by atoms with Gasteiger partial charge in [0.25, 0.3) is 0 Å². The standard InChI is InChI=1S/C15H9ClF3N3O2/c1-24-14(23)10-7-20-22-12(15(16,18)19)6-11(21-13(10)22)8-2-4-9(17)5-3-8/h2-7H,1H3. The van der Waals surface area contributed by atoms with Gasteiger partial charge in [0.15, 0.2) is 5.65 Å². The molecule has 3 aromatic rings.